The van der Waals surface area contributed by atoms with E-state index in [1.54, 1.807) is 19.9 Å². The van der Waals surface area contributed by atoms with Gasteiger partial charge in [0.1, 0.15) is 11.9 Å². The maximum Gasteiger partial charge on any atom is 0.338 e. The van der Waals surface area contributed by atoms with E-state index in [1.807, 2.05) is 0 Å². The number of carbonyl (C=O) groups is 2. The van der Waals surface area contributed by atoms with Crippen LogP contribution in [0.5, 0.6) is 0 Å². The second-order valence-electron chi connectivity index (χ2n) is 5.57. The van der Waals surface area contributed by atoms with Gasteiger partial charge in [0.25, 0.3) is 0 Å². The van der Waals surface area contributed by atoms with Crippen LogP contribution in [-0.2, 0) is 9.53 Å². The molecule has 0 fully saturated rings. The summed E-state index contributed by atoms with van der Waals surface area (Å²) in [6.45, 7) is 3.40. The average Bonchev–Trinajstić information content (AvgIpc) is 2.62. The summed E-state index contributed by atoms with van der Waals surface area (Å²) in [6, 6.07) is 6.74. The third-order valence-corrected chi connectivity index (χ3v) is 4.77. The second kappa shape index (κ2) is 8.38. The van der Waals surface area contributed by atoms with E-state index in [4.69, 9.17) is 33.2 Å². The van der Waals surface area contributed by atoms with E-state index in [0.29, 0.717) is 5.56 Å². The molecule has 5 nitrogen and oxygen atoms in total. The number of nitriles is 1. The minimum atomic E-state index is -1.43. The first-order chi connectivity index (χ1) is 12.7. The highest BCUT2D eigenvalue weighted by Gasteiger charge is 2.26. The Balaban J connectivity index is 2.72. The van der Waals surface area contributed by atoms with Crippen molar-refractivity contribution < 1.29 is 23.8 Å². The molecule has 0 spiro atoms. The van der Waals surface area contributed by atoms with Crippen LogP contribution in [0.15, 0.2) is 24.3 Å². The van der Waals surface area contributed by atoms with Gasteiger partial charge in [-0.1, -0.05) is 35.3 Å². The standard InChI is InChI=1S/C19H14Cl2FNO4/c1-3-27-19(26)9(2)11-6-7-13(22)15(16(11)20)12-5-4-10(8-23)14(17(12)21)18(24)25/h4-7,9H,3H2,1-2H3,(H,24,25). The lowest BCUT2D eigenvalue weighted by Gasteiger charge is -2.17. The summed E-state index contributed by atoms with van der Waals surface area (Å²) in [6.07, 6.45) is 0. The molecule has 0 amide bonds. The predicted molar refractivity (Wildman–Crippen MR) is 98.6 cm³/mol. The number of halogens is 3. The van der Waals surface area contributed by atoms with Crippen LogP contribution < -0.4 is 0 Å². The van der Waals surface area contributed by atoms with Crippen LogP contribution in [-0.4, -0.2) is 23.7 Å². The Morgan fingerprint density at radius 1 is 1.26 bits per heavy atom. The fraction of sp³-hybridized carbons (Fsp3) is 0.211. The molecule has 1 unspecified atom stereocenters. The van der Waals surface area contributed by atoms with Crippen LogP contribution in [0.2, 0.25) is 10.0 Å². The molecule has 0 saturated heterocycles. The quantitative estimate of drug-likeness (QED) is 0.699. The van der Waals surface area contributed by atoms with Crippen molar-refractivity contribution in [1.29, 1.82) is 5.26 Å². The molecule has 2 rings (SSSR count). The lowest BCUT2D eigenvalue weighted by molar-refractivity contribution is -0.144. The van der Waals surface area contributed by atoms with Crippen LogP contribution in [0.25, 0.3) is 11.1 Å². The van der Waals surface area contributed by atoms with E-state index in [0.717, 1.165) is 6.07 Å². The molecular formula is C19H14Cl2FNO4. The highest BCUT2D eigenvalue weighted by molar-refractivity contribution is 6.39. The highest BCUT2D eigenvalue weighted by atomic mass is 35.5. The van der Waals surface area contributed by atoms with Gasteiger partial charge in [0.15, 0.2) is 0 Å². The van der Waals surface area contributed by atoms with Crippen LogP contribution in [0.4, 0.5) is 4.39 Å². The van der Waals surface area contributed by atoms with E-state index in [1.165, 1.54) is 18.2 Å². The third kappa shape index (κ3) is 3.90. The van der Waals surface area contributed by atoms with Gasteiger partial charge in [-0.25, -0.2) is 9.18 Å². The molecule has 0 aliphatic rings. The van der Waals surface area contributed by atoms with Crippen molar-refractivity contribution in [2.75, 3.05) is 6.61 Å². The number of aromatic carboxylic acids is 1. The lowest BCUT2D eigenvalue weighted by atomic mass is 9.93. The van der Waals surface area contributed by atoms with Crippen LogP contribution in [0.3, 0.4) is 0 Å². The zero-order valence-electron chi connectivity index (χ0n) is 14.3. The second-order valence-corrected chi connectivity index (χ2v) is 6.32. The van der Waals surface area contributed by atoms with Gasteiger partial charge >= 0.3 is 11.9 Å². The van der Waals surface area contributed by atoms with Crippen molar-refractivity contribution in [3.8, 4) is 17.2 Å². The average molecular weight is 410 g/mol. The molecular weight excluding hydrogens is 396 g/mol. The Kier molecular flexibility index (Phi) is 6.42. The van der Waals surface area contributed by atoms with Crippen LogP contribution in [0.1, 0.15) is 41.3 Å². The van der Waals surface area contributed by atoms with E-state index in [2.05, 4.69) is 0 Å². The van der Waals surface area contributed by atoms with E-state index in [9.17, 15) is 19.1 Å². The Morgan fingerprint density at radius 3 is 2.48 bits per heavy atom. The van der Waals surface area contributed by atoms with Gasteiger partial charge in [0, 0.05) is 11.1 Å². The largest absolute Gasteiger partial charge is 0.478 e. The summed E-state index contributed by atoms with van der Waals surface area (Å²) < 4.78 is 19.5. The fourth-order valence-electron chi connectivity index (χ4n) is 2.62. The Labute approximate surface area is 164 Å². The first-order valence-electron chi connectivity index (χ1n) is 7.85. The molecule has 8 heteroatoms. The molecule has 2 aromatic carbocycles. The summed E-state index contributed by atoms with van der Waals surface area (Å²) in [7, 11) is 0. The fourth-order valence-corrected chi connectivity index (χ4v) is 3.37. The molecule has 0 heterocycles. The molecule has 27 heavy (non-hydrogen) atoms. The summed E-state index contributed by atoms with van der Waals surface area (Å²) in [5.41, 5.74) is -0.445. The number of hydrogen-bond acceptors (Lipinski definition) is 4. The summed E-state index contributed by atoms with van der Waals surface area (Å²) in [5.74, 6) is -3.48. The number of carbonyl (C=O) groups excluding carboxylic acids is 1. The molecule has 1 N–H and O–H groups in total. The molecule has 0 aromatic heterocycles. The normalized spacial score (nSPS) is 11.6. The molecule has 0 bridgehead atoms. The van der Waals surface area contributed by atoms with Crippen LogP contribution in [0, 0.1) is 17.1 Å². The smallest absolute Gasteiger partial charge is 0.338 e. The van der Waals surface area contributed by atoms with E-state index >= 15 is 0 Å². The van der Waals surface area contributed by atoms with Crippen molar-refractivity contribution in [2.45, 2.75) is 19.8 Å². The highest BCUT2D eigenvalue weighted by Crippen LogP contribution is 2.41. The zero-order chi connectivity index (χ0) is 20.3. The number of hydrogen-bond donors (Lipinski definition) is 1. The monoisotopic (exact) mass is 409 g/mol. The van der Waals surface area contributed by atoms with Crippen molar-refractivity contribution in [2.24, 2.45) is 0 Å². The van der Waals surface area contributed by atoms with E-state index < -0.39 is 29.2 Å². The van der Waals surface area contributed by atoms with Crippen molar-refractivity contribution in [3.05, 3.63) is 56.8 Å². The van der Waals surface area contributed by atoms with Crippen molar-refractivity contribution >= 4 is 35.1 Å². The SMILES string of the molecule is CCOC(=O)C(C)c1ccc(F)c(-c2ccc(C#N)c(C(=O)O)c2Cl)c1Cl. The number of rotatable bonds is 5. The maximum absolute atomic E-state index is 14.6. The van der Waals surface area contributed by atoms with Gasteiger partial charge < -0.3 is 9.84 Å². The van der Waals surface area contributed by atoms with Gasteiger partial charge in [0.2, 0.25) is 0 Å². The van der Waals surface area contributed by atoms with Crippen LogP contribution >= 0.6 is 23.2 Å². The maximum atomic E-state index is 14.6. The summed E-state index contributed by atoms with van der Waals surface area (Å²) in [4.78, 5) is 23.5. The molecule has 0 radical (unpaired) electrons. The van der Waals surface area contributed by atoms with Crippen molar-refractivity contribution in [3.63, 3.8) is 0 Å². The minimum absolute atomic E-state index is 0.00785. The van der Waals surface area contributed by atoms with Gasteiger partial charge in [-0.3, -0.25) is 4.79 Å². The summed E-state index contributed by atoms with van der Waals surface area (Å²) in [5, 5.41) is 18.0. The minimum Gasteiger partial charge on any atom is -0.478 e. The first kappa shape index (κ1) is 20.7. The molecule has 2 aromatic rings. The van der Waals surface area contributed by atoms with E-state index in [-0.39, 0.29) is 33.3 Å². The van der Waals surface area contributed by atoms with Gasteiger partial charge in [-0.05, 0) is 31.5 Å². The van der Waals surface area contributed by atoms with Gasteiger partial charge in [0.05, 0.1) is 33.7 Å². The molecule has 1 atom stereocenters. The molecule has 0 aliphatic carbocycles. The number of carboxylic acid groups (broad SMARTS) is 1. The number of ether oxygens (including phenoxy) is 1. The zero-order valence-corrected chi connectivity index (χ0v) is 15.9. The first-order valence-corrected chi connectivity index (χ1v) is 8.60. The lowest BCUT2D eigenvalue weighted by Crippen LogP contribution is -2.14. The van der Waals surface area contributed by atoms with Crippen molar-refractivity contribution in [1.82, 2.24) is 0 Å². The topological polar surface area (TPSA) is 87.4 Å². The molecule has 0 aliphatic heterocycles. The number of nitrogens with zero attached hydrogens (tertiary/aromatic N) is 1. The predicted octanol–water partition coefficient (Wildman–Crippen LogP) is 5.04. The molecule has 140 valence electrons. The van der Waals surface area contributed by atoms with Gasteiger partial charge in [-0.2, -0.15) is 5.26 Å². The number of esters is 1. The Hall–Kier alpha value is -2.62. The molecule has 0 saturated carbocycles. The number of carboxylic acids is 1. The third-order valence-electron chi connectivity index (χ3n) is 3.97. The van der Waals surface area contributed by atoms with Gasteiger partial charge in [-0.15, -0.1) is 0 Å². The summed E-state index contributed by atoms with van der Waals surface area (Å²) >= 11 is 12.5. The number of benzene rings is 2. The Morgan fingerprint density at radius 2 is 1.93 bits per heavy atom. The Bertz CT molecular complexity index is 969.